The van der Waals surface area contributed by atoms with E-state index in [0.29, 0.717) is 42.6 Å². The number of hydrogen-bond acceptors (Lipinski definition) is 4. The van der Waals surface area contributed by atoms with Gasteiger partial charge >= 0.3 is 6.03 Å². The summed E-state index contributed by atoms with van der Waals surface area (Å²) in [6, 6.07) is 16.3. The van der Waals surface area contributed by atoms with E-state index >= 15 is 0 Å². The molecule has 1 atom stereocenters. The maximum Gasteiger partial charge on any atom is 0.325 e. The summed E-state index contributed by atoms with van der Waals surface area (Å²) in [5.74, 6) is -0.997. The third kappa shape index (κ3) is 4.23. The van der Waals surface area contributed by atoms with Gasteiger partial charge in [-0.1, -0.05) is 35.9 Å². The number of nitrogens with zero attached hydrogens (tertiary/aromatic N) is 3. The molecule has 3 heterocycles. The number of rotatable bonds is 5. The molecular formula is C28H27FN4O3. The minimum atomic E-state index is -1.27. The molecule has 2 fully saturated rings. The fourth-order valence-electron chi connectivity index (χ4n) is 5.21. The van der Waals surface area contributed by atoms with Crippen LogP contribution >= 0.6 is 0 Å². The molecule has 3 aromatic rings. The number of benzene rings is 2. The molecule has 5 rings (SSSR count). The van der Waals surface area contributed by atoms with Crippen molar-refractivity contribution in [1.82, 2.24) is 20.1 Å². The molecule has 1 N–H and O–H groups in total. The molecule has 7 nitrogen and oxygen atoms in total. The summed E-state index contributed by atoms with van der Waals surface area (Å²) in [6.07, 6.45) is 4.33. The summed E-state index contributed by atoms with van der Waals surface area (Å²) in [6.45, 7) is 2.96. The number of hydrogen-bond donors (Lipinski definition) is 1. The van der Waals surface area contributed by atoms with Crippen molar-refractivity contribution in [3.05, 3.63) is 101 Å². The SMILES string of the molecule is Cc1ccc(C(=O)N2CCC([C@@]3(c4cccnc4)NC(=O)N(Cc4ccc(F)cc4)C3=O)CC2)cc1. The first-order chi connectivity index (χ1) is 17.4. The van der Waals surface area contributed by atoms with Crippen LogP contribution in [0.4, 0.5) is 9.18 Å². The highest BCUT2D eigenvalue weighted by molar-refractivity contribution is 6.07. The van der Waals surface area contributed by atoms with Crippen molar-refractivity contribution in [2.75, 3.05) is 13.1 Å². The fraction of sp³-hybridized carbons (Fsp3) is 0.286. The zero-order chi connectivity index (χ0) is 25.3. The monoisotopic (exact) mass is 486 g/mol. The molecule has 4 amide bonds. The number of carbonyl (C=O) groups is 3. The van der Waals surface area contributed by atoms with Crippen molar-refractivity contribution in [2.24, 2.45) is 5.92 Å². The minimum absolute atomic E-state index is 0.0383. The Labute approximate surface area is 208 Å². The van der Waals surface area contributed by atoms with Crippen molar-refractivity contribution < 1.29 is 18.8 Å². The van der Waals surface area contributed by atoms with Crippen LogP contribution in [0.3, 0.4) is 0 Å². The lowest BCUT2D eigenvalue weighted by atomic mass is 9.73. The van der Waals surface area contributed by atoms with E-state index in [1.54, 1.807) is 41.6 Å². The third-order valence-electron chi connectivity index (χ3n) is 7.20. The number of urea groups is 1. The number of amides is 4. The number of nitrogens with one attached hydrogen (secondary N) is 1. The van der Waals surface area contributed by atoms with Crippen LogP contribution in [-0.2, 0) is 16.9 Å². The third-order valence-corrected chi connectivity index (χ3v) is 7.20. The van der Waals surface area contributed by atoms with Gasteiger partial charge < -0.3 is 10.2 Å². The summed E-state index contributed by atoms with van der Waals surface area (Å²) in [4.78, 5) is 47.3. The molecular weight excluding hydrogens is 459 g/mol. The Morgan fingerprint density at radius 3 is 2.39 bits per heavy atom. The van der Waals surface area contributed by atoms with Crippen molar-refractivity contribution >= 4 is 17.8 Å². The normalized spacial score (nSPS) is 20.5. The highest BCUT2D eigenvalue weighted by Gasteiger charge is 2.57. The molecule has 2 aliphatic heterocycles. The standard InChI is InChI=1S/C28H27FN4O3/c1-19-4-8-21(9-5-19)25(34)32-15-12-22(13-16-32)28(23-3-2-14-30-17-23)26(35)33(27(36)31-28)18-20-6-10-24(29)11-7-20/h2-11,14,17,22H,12-13,15-16,18H2,1H3,(H,31,36)/t28-/m0/s1. The number of piperidine rings is 1. The van der Waals surface area contributed by atoms with Crippen LogP contribution in [0.25, 0.3) is 0 Å². The lowest BCUT2D eigenvalue weighted by molar-refractivity contribution is -0.134. The Bertz CT molecular complexity index is 1270. The van der Waals surface area contributed by atoms with Gasteiger partial charge in [0.05, 0.1) is 6.54 Å². The molecule has 8 heteroatoms. The van der Waals surface area contributed by atoms with Crippen LogP contribution in [0.15, 0.2) is 73.1 Å². The Hall–Kier alpha value is -4.07. The molecule has 0 aliphatic carbocycles. The molecule has 0 unspecified atom stereocenters. The second-order valence-corrected chi connectivity index (χ2v) is 9.43. The summed E-state index contributed by atoms with van der Waals surface area (Å²) >= 11 is 0. The average Bonchev–Trinajstić information content (AvgIpc) is 3.16. The molecule has 1 aromatic heterocycles. The Morgan fingerprint density at radius 1 is 1.06 bits per heavy atom. The highest BCUT2D eigenvalue weighted by atomic mass is 19.1. The largest absolute Gasteiger partial charge is 0.339 e. The van der Waals surface area contributed by atoms with Gasteiger partial charge in [-0.2, -0.15) is 0 Å². The number of aromatic nitrogens is 1. The molecule has 2 aromatic carbocycles. The van der Waals surface area contributed by atoms with Crippen LogP contribution < -0.4 is 5.32 Å². The van der Waals surface area contributed by atoms with E-state index in [1.165, 1.54) is 17.0 Å². The van der Waals surface area contributed by atoms with Gasteiger partial charge in [-0.15, -0.1) is 0 Å². The van der Waals surface area contributed by atoms with Crippen molar-refractivity contribution in [3.8, 4) is 0 Å². The molecule has 0 bridgehead atoms. The van der Waals surface area contributed by atoms with Gasteiger partial charge in [-0.05, 0) is 61.6 Å². The van der Waals surface area contributed by atoms with Gasteiger partial charge in [-0.25, -0.2) is 9.18 Å². The molecule has 2 aliphatic rings. The summed E-state index contributed by atoms with van der Waals surface area (Å²) in [5, 5.41) is 2.99. The van der Waals surface area contributed by atoms with Gasteiger partial charge in [0, 0.05) is 36.6 Å². The van der Waals surface area contributed by atoms with Gasteiger partial charge in [0.25, 0.3) is 11.8 Å². The highest BCUT2D eigenvalue weighted by Crippen LogP contribution is 2.41. The second kappa shape index (κ2) is 9.53. The molecule has 184 valence electrons. The van der Waals surface area contributed by atoms with E-state index in [-0.39, 0.29) is 30.1 Å². The van der Waals surface area contributed by atoms with E-state index in [4.69, 9.17) is 0 Å². The van der Waals surface area contributed by atoms with Gasteiger partial charge in [0.1, 0.15) is 5.82 Å². The zero-order valence-electron chi connectivity index (χ0n) is 20.0. The molecule has 2 saturated heterocycles. The summed E-state index contributed by atoms with van der Waals surface area (Å²) < 4.78 is 13.4. The lowest BCUT2D eigenvalue weighted by Crippen LogP contribution is -2.54. The maximum absolute atomic E-state index is 13.9. The topological polar surface area (TPSA) is 82.6 Å². The number of imide groups is 1. The zero-order valence-corrected chi connectivity index (χ0v) is 20.0. The smallest absolute Gasteiger partial charge is 0.325 e. The van der Waals surface area contributed by atoms with Gasteiger partial charge in [0.2, 0.25) is 0 Å². The first-order valence-corrected chi connectivity index (χ1v) is 12.0. The molecule has 36 heavy (non-hydrogen) atoms. The van der Waals surface area contributed by atoms with Gasteiger partial charge in [-0.3, -0.25) is 19.5 Å². The van der Waals surface area contributed by atoms with Crippen LogP contribution in [-0.4, -0.2) is 45.7 Å². The van der Waals surface area contributed by atoms with Crippen LogP contribution in [0.5, 0.6) is 0 Å². The number of carbonyl (C=O) groups excluding carboxylic acids is 3. The Morgan fingerprint density at radius 2 is 1.75 bits per heavy atom. The summed E-state index contributed by atoms with van der Waals surface area (Å²) in [5.41, 5.74) is 1.72. The predicted octanol–water partition coefficient (Wildman–Crippen LogP) is 4.03. The number of aryl methyl sites for hydroxylation is 1. The van der Waals surface area contributed by atoms with Crippen molar-refractivity contribution in [2.45, 2.75) is 31.8 Å². The van der Waals surface area contributed by atoms with Gasteiger partial charge in [0.15, 0.2) is 5.54 Å². The van der Waals surface area contributed by atoms with Crippen LogP contribution in [0.2, 0.25) is 0 Å². The first-order valence-electron chi connectivity index (χ1n) is 12.0. The maximum atomic E-state index is 13.9. The molecule has 0 spiro atoms. The fourth-order valence-corrected chi connectivity index (χ4v) is 5.21. The van der Waals surface area contributed by atoms with E-state index < -0.39 is 11.6 Å². The molecule has 0 saturated carbocycles. The van der Waals surface area contributed by atoms with Crippen molar-refractivity contribution in [1.29, 1.82) is 0 Å². The summed E-state index contributed by atoms with van der Waals surface area (Å²) in [7, 11) is 0. The predicted molar refractivity (Wildman–Crippen MR) is 131 cm³/mol. The lowest BCUT2D eigenvalue weighted by Gasteiger charge is -2.41. The van der Waals surface area contributed by atoms with E-state index in [0.717, 1.165) is 5.56 Å². The second-order valence-electron chi connectivity index (χ2n) is 9.43. The van der Waals surface area contributed by atoms with E-state index in [2.05, 4.69) is 10.3 Å². The van der Waals surface area contributed by atoms with Crippen molar-refractivity contribution in [3.63, 3.8) is 0 Å². The van der Waals surface area contributed by atoms with Crippen LogP contribution in [0, 0.1) is 18.7 Å². The Kier molecular flexibility index (Phi) is 6.26. The number of halogens is 1. The Balaban J connectivity index is 1.39. The minimum Gasteiger partial charge on any atom is -0.339 e. The van der Waals surface area contributed by atoms with E-state index in [1.807, 2.05) is 31.2 Å². The number of pyridine rings is 1. The average molecular weight is 487 g/mol. The molecule has 0 radical (unpaired) electrons. The first kappa shape index (κ1) is 23.7. The van der Waals surface area contributed by atoms with Crippen LogP contribution in [0.1, 0.15) is 39.9 Å². The quantitative estimate of drug-likeness (QED) is 0.552. The van der Waals surface area contributed by atoms with E-state index in [9.17, 15) is 18.8 Å². The number of likely N-dealkylation sites (tertiary alicyclic amines) is 1.